The van der Waals surface area contributed by atoms with E-state index in [-0.39, 0.29) is 5.92 Å². The molecule has 1 unspecified atom stereocenters. The number of carbonyl (C=O) groups is 1. The SMILES string of the molecule is CC([CH2][Ge]([CH3])([CH3])[CH3])C(=O)O. The summed E-state index contributed by atoms with van der Waals surface area (Å²) >= 11 is -1.61. The minimum absolute atomic E-state index is 0.139. The van der Waals surface area contributed by atoms with Gasteiger partial charge < -0.3 is 0 Å². The van der Waals surface area contributed by atoms with Gasteiger partial charge in [0, 0.05) is 0 Å². The zero-order valence-electron chi connectivity index (χ0n) is 7.14. The fourth-order valence-corrected chi connectivity index (χ4v) is 5.23. The van der Waals surface area contributed by atoms with Gasteiger partial charge >= 0.3 is 64.5 Å². The number of carboxylic acids is 1. The first kappa shape index (κ1) is 10.0. The van der Waals surface area contributed by atoms with Gasteiger partial charge in [-0.05, 0) is 0 Å². The van der Waals surface area contributed by atoms with Crippen LogP contribution in [-0.2, 0) is 4.79 Å². The van der Waals surface area contributed by atoms with Crippen molar-refractivity contribution in [2.24, 2.45) is 5.92 Å². The Morgan fingerprint density at radius 2 is 1.90 bits per heavy atom. The molecule has 0 radical (unpaired) electrons. The van der Waals surface area contributed by atoms with E-state index in [1.807, 2.05) is 0 Å². The van der Waals surface area contributed by atoms with Crippen molar-refractivity contribution < 1.29 is 9.90 Å². The van der Waals surface area contributed by atoms with E-state index >= 15 is 0 Å². The quantitative estimate of drug-likeness (QED) is 0.715. The molecule has 0 fully saturated rings. The summed E-state index contributed by atoms with van der Waals surface area (Å²) in [7, 11) is 0. The monoisotopic (exact) mass is 206 g/mol. The van der Waals surface area contributed by atoms with E-state index in [0.29, 0.717) is 0 Å². The van der Waals surface area contributed by atoms with Crippen LogP contribution < -0.4 is 0 Å². The number of hydrogen-bond acceptors (Lipinski definition) is 1. The third-order valence-electron chi connectivity index (χ3n) is 1.34. The van der Waals surface area contributed by atoms with Gasteiger partial charge in [0.1, 0.15) is 0 Å². The fraction of sp³-hybridized carbons (Fsp3) is 0.857. The van der Waals surface area contributed by atoms with Crippen LogP contribution in [0, 0.1) is 5.92 Å². The summed E-state index contributed by atoms with van der Waals surface area (Å²) in [5.41, 5.74) is 0. The first-order valence-electron chi connectivity index (χ1n) is 3.56. The van der Waals surface area contributed by atoms with Crippen LogP contribution in [0.1, 0.15) is 6.92 Å². The molecule has 2 nitrogen and oxygen atoms in total. The topological polar surface area (TPSA) is 37.3 Å². The Labute approximate surface area is 65.0 Å². The molecule has 0 aliphatic heterocycles. The summed E-state index contributed by atoms with van der Waals surface area (Å²) in [4.78, 5) is 10.4. The number of rotatable bonds is 3. The first-order chi connectivity index (χ1) is 4.33. The molecule has 0 aromatic heterocycles. The Hall–Kier alpha value is 0.0129. The van der Waals surface area contributed by atoms with Crippen LogP contribution in [0.3, 0.4) is 0 Å². The van der Waals surface area contributed by atoms with Crippen molar-refractivity contribution in [2.75, 3.05) is 0 Å². The molecule has 0 saturated heterocycles. The van der Waals surface area contributed by atoms with Gasteiger partial charge in [-0.1, -0.05) is 0 Å². The molecular formula is C7H16GeO2. The molecule has 60 valence electrons. The number of aliphatic carboxylic acids is 1. The molecule has 0 spiro atoms. The molecule has 0 aromatic rings. The van der Waals surface area contributed by atoms with Crippen molar-refractivity contribution in [2.45, 2.75) is 29.4 Å². The molecule has 0 amide bonds. The average molecular weight is 205 g/mol. The van der Waals surface area contributed by atoms with E-state index in [2.05, 4.69) is 17.3 Å². The second-order valence-electron chi connectivity index (χ2n) is 4.00. The zero-order chi connectivity index (χ0) is 8.36. The summed E-state index contributed by atoms with van der Waals surface area (Å²) in [6.07, 6.45) is 0. The van der Waals surface area contributed by atoms with Gasteiger partial charge in [0.2, 0.25) is 0 Å². The summed E-state index contributed by atoms with van der Waals surface area (Å²) in [6, 6.07) is 0. The van der Waals surface area contributed by atoms with Gasteiger partial charge in [-0.3, -0.25) is 0 Å². The molecule has 0 heterocycles. The fourth-order valence-electron chi connectivity index (χ4n) is 1.01. The summed E-state index contributed by atoms with van der Waals surface area (Å²) in [5.74, 6) is 5.92. The standard InChI is InChI=1S/C7H16GeO2/c1-6(7(9)10)5-8(2,3)4/h6H,5H2,1-4H3,(H,9,10). The normalized spacial score (nSPS) is 14.8. The van der Waals surface area contributed by atoms with E-state index in [4.69, 9.17) is 5.11 Å². The van der Waals surface area contributed by atoms with Crippen LogP contribution >= 0.6 is 0 Å². The van der Waals surface area contributed by atoms with E-state index in [9.17, 15) is 4.79 Å². The summed E-state index contributed by atoms with van der Waals surface area (Å²) in [5, 5.41) is 9.50. The van der Waals surface area contributed by atoms with Crippen molar-refractivity contribution in [3.63, 3.8) is 0 Å². The molecule has 3 heteroatoms. The van der Waals surface area contributed by atoms with Crippen LogP contribution in [0.25, 0.3) is 0 Å². The molecule has 0 bridgehead atoms. The zero-order valence-corrected chi connectivity index (χ0v) is 9.24. The van der Waals surface area contributed by atoms with Crippen molar-refractivity contribution in [1.82, 2.24) is 0 Å². The Morgan fingerprint density at radius 3 is 2.00 bits per heavy atom. The minimum atomic E-state index is -1.61. The van der Waals surface area contributed by atoms with Gasteiger partial charge in [-0.2, -0.15) is 0 Å². The van der Waals surface area contributed by atoms with Crippen LogP contribution in [0.15, 0.2) is 0 Å². The van der Waals surface area contributed by atoms with Gasteiger partial charge in [0.25, 0.3) is 0 Å². The third kappa shape index (κ3) is 4.85. The van der Waals surface area contributed by atoms with Gasteiger partial charge in [-0.15, -0.1) is 0 Å². The van der Waals surface area contributed by atoms with E-state index in [1.165, 1.54) is 0 Å². The third-order valence-corrected chi connectivity index (χ3v) is 5.19. The van der Waals surface area contributed by atoms with Gasteiger partial charge in [-0.25, -0.2) is 0 Å². The molecule has 0 aliphatic rings. The molecule has 0 aromatic carbocycles. The van der Waals surface area contributed by atoms with E-state index < -0.39 is 19.2 Å². The number of hydrogen-bond donors (Lipinski definition) is 1. The maximum atomic E-state index is 10.4. The summed E-state index contributed by atoms with van der Waals surface area (Å²) < 4.78 is 0. The molecule has 1 N–H and O–H groups in total. The van der Waals surface area contributed by atoms with Crippen LogP contribution in [-0.4, -0.2) is 24.3 Å². The maximum absolute atomic E-state index is 10.4. The predicted octanol–water partition coefficient (Wildman–Crippen LogP) is 2.05. The molecule has 0 saturated carbocycles. The van der Waals surface area contributed by atoms with E-state index in [1.54, 1.807) is 6.92 Å². The average Bonchev–Trinajstić information content (AvgIpc) is 1.60. The first-order valence-corrected chi connectivity index (χ1v) is 11.3. The molecule has 10 heavy (non-hydrogen) atoms. The second-order valence-corrected chi connectivity index (χ2v) is 15.6. The van der Waals surface area contributed by atoms with E-state index in [0.717, 1.165) is 5.25 Å². The van der Waals surface area contributed by atoms with Gasteiger partial charge in [0.15, 0.2) is 0 Å². The van der Waals surface area contributed by atoms with Crippen LogP contribution in [0.4, 0.5) is 0 Å². The predicted molar refractivity (Wildman–Crippen MR) is 45.0 cm³/mol. The van der Waals surface area contributed by atoms with Crippen LogP contribution in [0.5, 0.6) is 0 Å². The summed E-state index contributed by atoms with van der Waals surface area (Å²) in [6.45, 7) is 1.79. The molecular weight excluding hydrogens is 189 g/mol. The van der Waals surface area contributed by atoms with Crippen molar-refractivity contribution in [1.29, 1.82) is 0 Å². The van der Waals surface area contributed by atoms with Crippen molar-refractivity contribution >= 4 is 19.2 Å². The van der Waals surface area contributed by atoms with Crippen LogP contribution in [0.2, 0.25) is 22.5 Å². The van der Waals surface area contributed by atoms with Crippen molar-refractivity contribution in [3.05, 3.63) is 0 Å². The molecule has 0 rings (SSSR count). The number of carboxylic acid groups (broad SMARTS) is 1. The Morgan fingerprint density at radius 1 is 1.50 bits per heavy atom. The molecule has 0 aliphatic carbocycles. The van der Waals surface area contributed by atoms with Gasteiger partial charge in [0.05, 0.1) is 0 Å². The van der Waals surface area contributed by atoms with Crippen molar-refractivity contribution in [3.8, 4) is 0 Å². The second kappa shape index (κ2) is 3.42. The molecule has 1 atom stereocenters. The Balaban J connectivity index is 3.80. The Kier molecular flexibility index (Phi) is 3.42. The Bertz CT molecular complexity index is 126.